The molecule has 2 atom stereocenters. The van der Waals surface area contributed by atoms with E-state index >= 15 is 0 Å². The molecule has 0 bridgehead atoms. The average molecular weight is 356 g/mol. The van der Waals surface area contributed by atoms with E-state index in [-0.39, 0.29) is 31.0 Å². The molecule has 128 valence electrons. The van der Waals surface area contributed by atoms with Crippen molar-refractivity contribution < 1.29 is 17.9 Å². The van der Waals surface area contributed by atoms with Crippen LogP contribution in [0.25, 0.3) is 11.1 Å². The molecule has 6 heteroatoms. The summed E-state index contributed by atoms with van der Waals surface area (Å²) in [6, 6.07) is 12.4. The van der Waals surface area contributed by atoms with Crippen molar-refractivity contribution in [2.75, 3.05) is 13.1 Å². The number of hydrogen-bond acceptors (Lipinski definition) is 2. The molecule has 1 saturated heterocycles. The van der Waals surface area contributed by atoms with Crippen LogP contribution in [0.3, 0.4) is 0 Å². The molecule has 0 radical (unpaired) electrons. The van der Waals surface area contributed by atoms with Crippen molar-refractivity contribution >= 4 is 12.4 Å². The van der Waals surface area contributed by atoms with Gasteiger partial charge in [-0.3, -0.25) is 0 Å². The maximum atomic E-state index is 13.5. The molecule has 24 heavy (non-hydrogen) atoms. The van der Waals surface area contributed by atoms with Crippen LogP contribution in [0.5, 0.6) is 0 Å². The van der Waals surface area contributed by atoms with Gasteiger partial charge in [0.15, 0.2) is 0 Å². The fourth-order valence-corrected chi connectivity index (χ4v) is 3.57. The first kappa shape index (κ1) is 17.3. The van der Waals surface area contributed by atoms with Crippen LogP contribution in [0.4, 0.5) is 13.2 Å². The Balaban J connectivity index is 0.00000169. The van der Waals surface area contributed by atoms with E-state index in [1.807, 2.05) is 36.4 Å². The summed E-state index contributed by atoms with van der Waals surface area (Å²) < 4.78 is 46.3. The first-order valence-electron chi connectivity index (χ1n) is 7.66. The van der Waals surface area contributed by atoms with Crippen LogP contribution in [0.2, 0.25) is 0 Å². The molecule has 2 heterocycles. The molecule has 1 fully saturated rings. The third kappa shape index (κ3) is 2.92. The first-order chi connectivity index (χ1) is 11.0. The van der Waals surface area contributed by atoms with E-state index in [1.165, 1.54) is 6.07 Å². The van der Waals surface area contributed by atoms with E-state index in [2.05, 4.69) is 5.32 Å². The second kappa shape index (κ2) is 6.39. The quantitative estimate of drug-likeness (QED) is 0.819. The Kier molecular flexibility index (Phi) is 4.60. The highest BCUT2D eigenvalue weighted by Gasteiger charge is 2.41. The van der Waals surface area contributed by atoms with Gasteiger partial charge in [0, 0.05) is 19.0 Å². The van der Waals surface area contributed by atoms with Crippen molar-refractivity contribution in [1.82, 2.24) is 5.32 Å². The van der Waals surface area contributed by atoms with Crippen LogP contribution in [0.15, 0.2) is 42.5 Å². The molecule has 0 saturated carbocycles. The van der Waals surface area contributed by atoms with Crippen molar-refractivity contribution in [3.8, 4) is 11.1 Å². The summed E-state index contributed by atoms with van der Waals surface area (Å²) in [7, 11) is 0. The SMILES string of the molecule is Cl.FC(F)(F)c1cc(-c2ccccc2)cc2c1COC1CNCC21. The highest BCUT2D eigenvalue weighted by molar-refractivity contribution is 5.85. The van der Waals surface area contributed by atoms with Gasteiger partial charge in [0.2, 0.25) is 0 Å². The van der Waals surface area contributed by atoms with Gasteiger partial charge >= 0.3 is 6.18 Å². The van der Waals surface area contributed by atoms with Crippen LogP contribution in [-0.4, -0.2) is 19.2 Å². The fourth-order valence-electron chi connectivity index (χ4n) is 3.57. The van der Waals surface area contributed by atoms with Crippen LogP contribution >= 0.6 is 12.4 Å². The molecular formula is C18H17ClF3NO. The molecule has 2 unspecified atom stereocenters. The van der Waals surface area contributed by atoms with E-state index in [0.717, 1.165) is 11.1 Å². The number of rotatable bonds is 1. The molecule has 1 N–H and O–H groups in total. The standard InChI is InChI=1S/C18H16F3NO.ClH/c19-18(20,21)16-7-12(11-4-2-1-3-5-11)6-13-14-8-22-9-17(14)23-10-15(13)16;/h1-7,14,17,22H,8-10H2;1H. The van der Waals surface area contributed by atoms with Crippen LogP contribution in [0, 0.1) is 0 Å². The van der Waals surface area contributed by atoms with Gasteiger partial charge in [-0.2, -0.15) is 13.2 Å². The topological polar surface area (TPSA) is 21.3 Å². The van der Waals surface area contributed by atoms with Gasteiger partial charge < -0.3 is 10.1 Å². The normalized spacial score (nSPS) is 22.5. The molecule has 2 aliphatic rings. The molecule has 4 rings (SSSR count). The lowest BCUT2D eigenvalue weighted by molar-refractivity contribution is -0.139. The summed E-state index contributed by atoms with van der Waals surface area (Å²) in [6.45, 7) is 1.39. The predicted octanol–water partition coefficient (Wildman–Crippen LogP) is 4.38. The Bertz CT molecular complexity index is 733. The zero-order chi connectivity index (χ0) is 16.0. The maximum Gasteiger partial charge on any atom is 0.416 e. The van der Waals surface area contributed by atoms with Gasteiger partial charge in [0.1, 0.15) is 0 Å². The fraction of sp³-hybridized carbons (Fsp3) is 0.333. The summed E-state index contributed by atoms with van der Waals surface area (Å²) in [4.78, 5) is 0. The van der Waals surface area contributed by atoms with Crippen molar-refractivity contribution in [3.05, 3.63) is 59.2 Å². The summed E-state index contributed by atoms with van der Waals surface area (Å²) in [5.41, 5.74) is 1.92. The summed E-state index contributed by atoms with van der Waals surface area (Å²) in [5.74, 6) is -0.0106. The second-order valence-electron chi connectivity index (χ2n) is 6.07. The molecule has 0 aliphatic carbocycles. The highest BCUT2D eigenvalue weighted by Crippen LogP contribution is 2.43. The molecule has 0 amide bonds. The van der Waals surface area contributed by atoms with Crippen LogP contribution < -0.4 is 5.32 Å². The van der Waals surface area contributed by atoms with Gasteiger partial charge in [-0.15, -0.1) is 12.4 Å². The van der Waals surface area contributed by atoms with E-state index < -0.39 is 11.7 Å². The Hall–Kier alpha value is -1.56. The third-order valence-electron chi connectivity index (χ3n) is 4.70. The molecule has 2 nitrogen and oxygen atoms in total. The maximum absolute atomic E-state index is 13.5. The highest BCUT2D eigenvalue weighted by atomic mass is 35.5. The summed E-state index contributed by atoms with van der Waals surface area (Å²) in [6.07, 6.45) is -4.41. The van der Waals surface area contributed by atoms with Crippen molar-refractivity contribution in [1.29, 1.82) is 0 Å². The molecular weight excluding hydrogens is 339 g/mol. The molecule has 2 aliphatic heterocycles. The van der Waals surface area contributed by atoms with Gasteiger partial charge in [0.05, 0.1) is 18.3 Å². The number of ether oxygens (including phenoxy) is 1. The molecule has 0 aromatic heterocycles. The Morgan fingerprint density at radius 3 is 2.46 bits per heavy atom. The zero-order valence-corrected chi connectivity index (χ0v) is 13.6. The molecule has 2 aromatic rings. The minimum atomic E-state index is -4.38. The van der Waals surface area contributed by atoms with Gasteiger partial charge in [-0.25, -0.2) is 0 Å². The van der Waals surface area contributed by atoms with Crippen LogP contribution in [-0.2, 0) is 17.5 Å². The smallest absolute Gasteiger partial charge is 0.372 e. The average Bonchev–Trinajstić information content (AvgIpc) is 3.02. The Morgan fingerprint density at radius 1 is 1.00 bits per heavy atom. The van der Waals surface area contributed by atoms with E-state index in [9.17, 15) is 13.2 Å². The van der Waals surface area contributed by atoms with E-state index in [1.54, 1.807) is 0 Å². The van der Waals surface area contributed by atoms with E-state index in [4.69, 9.17) is 4.74 Å². The number of halogens is 4. The minimum absolute atomic E-state index is 0. The number of hydrogen-bond donors (Lipinski definition) is 1. The van der Waals surface area contributed by atoms with Gasteiger partial charge in [0.25, 0.3) is 0 Å². The number of fused-ring (bicyclic) bond motifs is 3. The Morgan fingerprint density at radius 2 is 1.75 bits per heavy atom. The predicted molar refractivity (Wildman–Crippen MR) is 88.3 cm³/mol. The van der Waals surface area contributed by atoms with Crippen molar-refractivity contribution in [2.24, 2.45) is 0 Å². The largest absolute Gasteiger partial charge is 0.416 e. The van der Waals surface area contributed by atoms with Crippen molar-refractivity contribution in [3.63, 3.8) is 0 Å². The van der Waals surface area contributed by atoms with Gasteiger partial charge in [-0.05, 0) is 28.3 Å². The lowest BCUT2D eigenvalue weighted by atomic mass is 9.84. The Labute approximate surface area is 144 Å². The first-order valence-corrected chi connectivity index (χ1v) is 7.66. The lowest BCUT2D eigenvalue weighted by Crippen LogP contribution is -2.29. The second-order valence-corrected chi connectivity index (χ2v) is 6.07. The number of nitrogens with one attached hydrogen (secondary N) is 1. The molecule has 0 spiro atoms. The lowest BCUT2D eigenvalue weighted by Gasteiger charge is -2.31. The minimum Gasteiger partial charge on any atom is -0.372 e. The van der Waals surface area contributed by atoms with Gasteiger partial charge in [-0.1, -0.05) is 36.4 Å². The number of alkyl halides is 3. The van der Waals surface area contributed by atoms with E-state index in [0.29, 0.717) is 24.2 Å². The number of benzene rings is 2. The third-order valence-corrected chi connectivity index (χ3v) is 4.70. The van der Waals surface area contributed by atoms with Crippen molar-refractivity contribution in [2.45, 2.75) is 24.8 Å². The monoisotopic (exact) mass is 355 g/mol. The molecule has 2 aromatic carbocycles. The zero-order valence-electron chi connectivity index (χ0n) is 12.8. The summed E-state index contributed by atoms with van der Waals surface area (Å²) in [5, 5.41) is 3.22. The van der Waals surface area contributed by atoms with Crippen LogP contribution in [0.1, 0.15) is 22.6 Å². The summed E-state index contributed by atoms with van der Waals surface area (Å²) >= 11 is 0.